The molecule has 0 aliphatic heterocycles. The molecule has 3 aromatic heterocycles. The molecule has 0 saturated carbocycles. The normalized spacial score (nSPS) is 11.1. The van der Waals surface area contributed by atoms with Gasteiger partial charge in [0.1, 0.15) is 0 Å². The molecule has 0 unspecified atom stereocenters. The molecule has 1 N–H and O–H groups in total. The zero-order chi connectivity index (χ0) is 22.2. The van der Waals surface area contributed by atoms with Gasteiger partial charge in [0.25, 0.3) is 5.91 Å². The van der Waals surface area contributed by atoms with Crippen LogP contribution in [-0.2, 0) is 7.05 Å². The minimum atomic E-state index is -0.244. The molecule has 8 heteroatoms. The number of thiazole rings is 1. The van der Waals surface area contributed by atoms with E-state index in [0.717, 1.165) is 38.9 Å². The molecule has 0 fully saturated rings. The van der Waals surface area contributed by atoms with E-state index in [1.807, 2.05) is 68.1 Å². The maximum Gasteiger partial charge on any atom is 0.257 e. The van der Waals surface area contributed by atoms with Gasteiger partial charge in [-0.15, -0.1) is 0 Å². The van der Waals surface area contributed by atoms with Gasteiger partial charge in [-0.3, -0.25) is 10.1 Å². The Labute approximate surface area is 188 Å². The van der Waals surface area contributed by atoms with Crippen LogP contribution >= 0.6 is 11.3 Å². The van der Waals surface area contributed by atoms with Crippen LogP contribution in [0.5, 0.6) is 0 Å². The fraction of sp³-hybridized carbons (Fsp3) is 0.125. The largest absolute Gasteiger partial charge is 0.333 e. The lowest BCUT2D eigenvalue weighted by molar-refractivity contribution is 0.102. The number of aromatic nitrogens is 5. The van der Waals surface area contributed by atoms with Gasteiger partial charge >= 0.3 is 0 Å². The third-order valence-electron chi connectivity index (χ3n) is 5.26. The van der Waals surface area contributed by atoms with E-state index in [4.69, 9.17) is 4.98 Å². The van der Waals surface area contributed by atoms with E-state index < -0.39 is 0 Å². The van der Waals surface area contributed by atoms with Crippen molar-refractivity contribution in [3.63, 3.8) is 0 Å². The number of fused-ring (bicyclic) bond motifs is 1. The molecule has 1 amide bonds. The van der Waals surface area contributed by atoms with E-state index in [9.17, 15) is 4.79 Å². The van der Waals surface area contributed by atoms with Crippen molar-refractivity contribution < 1.29 is 4.79 Å². The summed E-state index contributed by atoms with van der Waals surface area (Å²) in [5.74, 6) is 0.556. The summed E-state index contributed by atoms with van der Waals surface area (Å²) in [6.07, 6.45) is 3.64. The highest BCUT2D eigenvalue weighted by Gasteiger charge is 2.19. The first kappa shape index (κ1) is 20.0. The molecule has 0 bridgehead atoms. The van der Waals surface area contributed by atoms with Crippen LogP contribution in [0, 0.1) is 13.8 Å². The van der Waals surface area contributed by atoms with Crippen LogP contribution in [0.3, 0.4) is 0 Å². The molecule has 5 rings (SSSR count). The lowest BCUT2D eigenvalue weighted by Gasteiger charge is -2.05. The van der Waals surface area contributed by atoms with Gasteiger partial charge in [0.15, 0.2) is 11.0 Å². The van der Waals surface area contributed by atoms with Crippen LogP contribution in [-0.4, -0.2) is 30.4 Å². The number of carbonyl (C=O) groups is 1. The van der Waals surface area contributed by atoms with Gasteiger partial charge in [0.2, 0.25) is 0 Å². The van der Waals surface area contributed by atoms with Crippen molar-refractivity contribution in [2.24, 2.45) is 7.05 Å². The Morgan fingerprint density at radius 3 is 2.44 bits per heavy atom. The quantitative estimate of drug-likeness (QED) is 0.424. The van der Waals surface area contributed by atoms with E-state index in [2.05, 4.69) is 20.3 Å². The maximum atomic E-state index is 13.0. The van der Waals surface area contributed by atoms with Gasteiger partial charge in [-0.2, -0.15) is 0 Å². The molecule has 32 heavy (non-hydrogen) atoms. The molecule has 0 radical (unpaired) electrons. The molecule has 0 spiro atoms. The minimum Gasteiger partial charge on any atom is -0.333 e. The molecule has 158 valence electrons. The summed E-state index contributed by atoms with van der Waals surface area (Å²) >= 11 is 1.40. The Kier molecular flexibility index (Phi) is 4.99. The third-order valence-corrected chi connectivity index (χ3v) is 6.22. The number of hydrogen-bond acceptors (Lipinski definition) is 6. The molecule has 0 atom stereocenters. The van der Waals surface area contributed by atoms with Crippen molar-refractivity contribution in [3.8, 4) is 22.0 Å². The molecule has 7 nitrogen and oxygen atoms in total. The smallest absolute Gasteiger partial charge is 0.257 e. The number of rotatable bonds is 4. The average molecular weight is 441 g/mol. The molecular formula is C24H20N6OS. The van der Waals surface area contributed by atoms with Crippen LogP contribution in [0.25, 0.3) is 33.0 Å². The first-order valence-corrected chi connectivity index (χ1v) is 10.9. The predicted octanol–water partition coefficient (Wildman–Crippen LogP) is 5.02. The number of carbonyl (C=O) groups excluding carboxylic acids is 1. The summed E-state index contributed by atoms with van der Waals surface area (Å²) in [4.78, 5) is 32.2. The molecule has 3 heterocycles. The van der Waals surface area contributed by atoms with E-state index in [1.54, 1.807) is 18.3 Å². The van der Waals surface area contributed by atoms with E-state index in [-0.39, 0.29) is 5.91 Å². The molecule has 0 aliphatic rings. The highest BCUT2D eigenvalue weighted by molar-refractivity contribution is 7.19. The summed E-state index contributed by atoms with van der Waals surface area (Å²) < 4.78 is 1.94. The lowest BCUT2D eigenvalue weighted by Crippen LogP contribution is -2.11. The third kappa shape index (κ3) is 3.65. The topological polar surface area (TPSA) is 85.6 Å². The Bertz CT molecular complexity index is 1450. The van der Waals surface area contributed by atoms with Crippen LogP contribution in [0.2, 0.25) is 0 Å². The van der Waals surface area contributed by atoms with Gasteiger partial charge in [0, 0.05) is 30.6 Å². The maximum absolute atomic E-state index is 13.0. The first-order chi connectivity index (χ1) is 15.5. The zero-order valence-corrected chi connectivity index (χ0v) is 18.6. The SMILES string of the molecule is Cc1nc2ccc(C(=O)Nc3nc(-c4ccccc4)c(-c4nccn4C)s3)cc2nc1C. The van der Waals surface area contributed by atoms with Crippen molar-refractivity contribution in [1.29, 1.82) is 0 Å². The number of imidazole rings is 1. The van der Waals surface area contributed by atoms with Gasteiger partial charge in [0.05, 0.1) is 33.0 Å². The standard InChI is InChI=1S/C24H20N6OS/c1-14-15(2)27-19-13-17(9-10-18(19)26-14)23(31)29-24-28-20(16-7-5-4-6-8-16)21(32-24)22-25-11-12-30(22)3/h4-13H,1-3H3,(H,28,29,31). The van der Waals surface area contributed by atoms with E-state index in [1.165, 1.54) is 11.3 Å². The van der Waals surface area contributed by atoms with E-state index in [0.29, 0.717) is 16.2 Å². The van der Waals surface area contributed by atoms with Gasteiger partial charge in [-0.25, -0.2) is 19.9 Å². The Balaban J connectivity index is 1.51. The van der Waals surface area contributed by atoms with E-state index >= 15 is 0 Å². The number of nitrogens with one attached hydrogen (secondary N) is 1. The second-order valence-electron chi connectivity index (χ2n) is 7.48. The fourth-order valence-electron chi connectivity index (χ4n) is 3.44. The van der Waals surface area contributed by atoms with Crippen molar-refractivity contribution >= 4 is 33.4 Å². The first-order valence-electron chi connectivity index (χ1n) is 10.1. The van der Waals surface area contributed by atoms with Gasteiger partial charge in [-0.1, -0.05) is 41.7 Å². The van der Waals surface area contributed by atoms with Crippen molar-refractivity contribution in [3.05, 3.63) is 77.9 Å². The lowest BCUT2D eigenvalue weighted by atomic mass is 10.1. The summed E-state index contributed by atoms with van der Waals surface area (Å²) in [7, 11) is 1.94. The zero-order valence-electron chi connectivity index (χ0n) is 17.8. The van der Waals surface area contributed by atoms with Crippen LogP contribution in [0.4, 0.5) is 5.13 Å². The second kappa shape index (κ2) is 7.97. The second-order valence-corrected chi connectivity index (χ2v) is 8.48. The molecule has 0 saturated heterocycles. The van der Waals surface area contributed by atoms with Crippen molar-refractivity contribution in [2.45, 2.75) is 13.8 Å². The monoisotopic (exact) mass is 440 g/mol. The fourth-order valence-corrected chi connectivity index (χ4v) is 4.46. The number of anilines is 1. The summed E-state index contributed by atoms with van der Waals surface area (Å²) in [6.45, 7) is 3.84. The average Bonchev–Trinajstić information content (AvgIpc) is 3.40. The molecule has 0 aliphatic carbocycles. The van der Waals surface area contributed by atoms with Gasteiger partial charge in [-0.05, 0) is 32.0 Å². The molecular weight excluding hydrogens is 420 g/mol. The molecule has 5 aromatic rings. The number of nitrogens with zero attached hydrogens (tertiary/aromatic N) is 5. The summed E-state index contributed by atoms with van der Waals surface area (Å²) in [5.41, 5.74) is 5.45. The number of amides is 1. The van der Waals surface area contributed by atoms with Gasteiger partial charge < -0.3 is 4.57 Å². The summed E-state index contributed by atoms with van der Waals surface area (Å²) in [5, 5.41) is 3.46. The number of benzene rings is 2. The summed E-state index contributed by atoms with van der Waals surface area (Å²) in [6, 6.07) is 15.2. The van der Waals surface area contributed by atoms with Crippen molar-refractivity contribution in [1.82, 2.24) is 24.5 Å². The Hall–Kier alpha value is -3.91. The Morgan fingerprint density at radius 2 is 1.72 bits per heavy atom. The highest BCUT2D eigenvalue weighted by Crippen LogP contribution is 2.38. The Morgan fingerprint density at radius 1 is 0.969 bits per heavy atom. The minimum absolute atomic E-state index is 0.244. The number of aryl methyl sites for hydroxylation is 3. The van der Waals surface area contributed by atoms with Crippen molar-refractivity contribution in [2.75, 3.05) is 5.32 Å². The predicted molar refractivity (Wildman–Crippen MR) is 127 cm³/mol. The number of hydrogen-bond donors (Lipinski definition) is 1. The van der Waals surface area contributed by atoms with Crippen LogP contribution in [0.1, 0.15) is 21.7 Å². The van der Waals surface area contributed by atoms with Crippen LogP contribution < -0.4 is 5.32 Å². The molecule has 2 aromatic carbocycles. The highest BCUT2D eigenvalue weighted by atomic mass is 32.1. The van der Waals surface area contributed by atoms with Crippen LogP contribution in [0.15, 0.2) is 60.9 Å².